The van der Waals surface area contributed by atoms with Crippen LogP contribution in [0.2, 0.25) is 0 Å². The van der Waals surface area contributed by atoms with Gasteiger partial charge in [-0.1, -0.05) is 54.6 Å². The van der Waals surface area contributed by atoms with Gasteiger partial charge in [0.05, 0.1) is 0 Å². The minimum absolute atomic E-state index is 0.0306. The zero-order chi connectivity index (χ0) is 18.2. The van der Waals surface area contributed by atoms with Gasteiger partial charge in [0, 0.05) is 7.11 Å². The molecule has 132 valence electrons. The molecule has 0 amide bonds. The lowest BCUT2D eigenvalue weighted by Crippen LogP contribution is -2.36. The molecule has 0 saturated carbocycles. The molecule has 0 unspecified atom stereocenters. The Morgan fingerprint density at radius 2 is 1.12 bits per heavy atom. The first-order valence-electron chi connectivity index (χ1n) is 8.47. The molecule has 0 heterocycles. The maximum absolute atomic E-state index is 12.7. The van der Waals surface area contributed by atoms with Crippen molar-refractivity contribution in [2.75, 3.05) is 20.1 Å². The van der Waals surface area contributed by atoms with Crippen molar-refractivity contribution in [3.8, 4) is 0 Å². The van der Waals surface area contributed by atoms with E-state index in [0.29, 0.717) is 6.16 Å². The molecule has 0 fully saturated rings. The summed E-state index contributed by atoms with van der Waals surface area (Å²) in [6.45, 7) is -0.0306. The van der Waals surface area contributed by atoms with Crippen molar-refractivity contribution >= 4 is 29.1 Å². The zero-order valence-electron chi connectivity index (χ0n) is 14.7. The number of benzene rings is 3. The quantitative estimate of drug-likeness (QED) is 0.367. The van der Waals surface area contributed by atoms with Crippen molar-refractivity contribution in [3.05, 3.63) is 91.0 Å². The highest BCUT2D eigenvalue weighted by Gasteiger charge is 2.47. The van der Waals surface area contributed by atoms with E-state index in [0.717, 1.165) is 15.9 Å². The molecule has 0 spiro atoms. The summed E-state index contributed by atoms with van der Waals surface area (Å²) >= 11 is 0. The van der Waals surface area contributed by atoms with E-state index in [4.69, 9.17) is 9.47 Å². The van der Waals surface area contributed by atoms with Crippen molar-refractivity contribution in [2.24, 2.45) is 0 Å². The first-order chi connectivity index (χ1) is 12.8. The number of carbonyl (C=O) groups is 1. The van der Waals surface area contributed by atoms with Gasteiger partial charge in [-0.2, -0.15) is 0 Å². The highest BCUT2D eigenvalue weighted by Crippen LogP contribution is 2.55. The summed E-state index contributed by atoms with van der Waals surface area (Å²) in [6.07, 6.45) is 0.300. The van der Waals surface area contributed by atoms with Crippen LogP contribution in [-0.2, 0) is 14.3 Å². The highest BCUT2D eigenvalue weighted by atomic mass is 31.2. The Balaban J connectivity index is 2.19. The Labute approximate surface area is 154 Å². The van der Waals surface area contributed by atoms with Gasteiger partial charge in [0.25, 0.3) is 0 Å². The van der Waals surface area contributed by atoms with Crippen LogP contribution >= 0.6 is 7.26 Å². The fourth-order valence-electron chi connectivity index (χ4n) is 3.13. The SMILES string of the molecule is COCOC(=O)C[P+](c1ccccc1)(c1ccccc1)c1ccccc1. The maximum atomic E-state index is 12.7. The molecular weight excluding hydrogens is 343 g/mol. The fourth-order valence-corrected chi connectivity index (χ4v) is 7.10. The van der Waals surface area contributed by atoms with E-state index in [9.17, 15) is 4.79 Å². The smallest absolute Gasteiger partial charge is 0.347 e. The Kier molecular flexibility index (Phi) is 6.17. The van der Waals surface area contributed by atoms with Gasteiger partial charge in [-0.05, 0) is 36.4 Å². The van der Waals surface area contributed by atoms with Crippen molar-refractivity contribution in [1.82, 2.24) is 0 Å². The van der Waals surface area contributed by atoms with Crippen molar-refractivity contribution < 1.29 is 14.3 Å². The second-order valence-electron chi connectivity index (χ2n) is 5.90. The van der Waals surface area contributed by atoms with Gasteiger partial charge in [0.2, 0.25) is 0 Å². The largest absolute Gasteiger partial charge is 0.436 e. The molecule has 0 aliphatic carbocycles. The van der Waals surface area contributed by atoms with Crippen LogP contribution in [0.5, 0.6) is 0 Å². The second-order valence-corrected chi connectivity index (χ2v) is 9.38. The molecule has 3 aromatic carbocycles. The predicted molar refractivity (Wildman–Crippen MR) is 108 cm³/mol. The van der Waals surface area contributed by atoms with Crippen LogP contribution in [0, 0.1) is 0 Å². The molecule has 3 nitrogen and oxygen atoms in total. The van der Waals surface area contributed by atoms with Gasteiger partial charge in [-0.25, -0.2) is 4.79 Å². The second kappa shape index (κ2) is 8.75. The van der Waals surface area contributed by atoms with Crippen LogP contribution in [0.15, 0.2) is 91.0 Å². The van der Waals surface area contributed by atoms with Crippen LogP contribution in [0.25, 0.3) is 0 Å². The average molecular weight is 365 g/mol. The van der Waals surface area contributed by atoms with E-state index >= 15 is 0 Å². The molecule has 0 saturated heterocycles. The van der Waals surface area contributed by atoms with Crippen LogP contribution in [-0.4, -0.2) is 26.0 Å². The molecular formula is C22H22O3P+. The number of ether oxygens (including phenoxy) is 2. The average Bonchev–Trinajstić information content (AvgIpc) is 2.72. The summed E-state index contributed by atoms with van der Waals surface area (Å²) in [5.41, 5.74) is 0. The van der Waals surface area contributed by atoms with E-state index in [1.54, 1.807) is 0 Å². The minimum atomic E-state index is -2.18. The molecule has 0 aromatic heterocycles. The van der Waals surface area contributed by atoms with Gasteiger partial charge in [0.1, 0.15) is 23.2 Å². The van der Waals surface area contributed by atoms with Crippen molar-refractivity contribution in [2.45, 2.75) is 0 Å². The summed E-state index contributed by atoms with van der Waals surface area (Å²) in [7, 11) is -0.665. The van der Waals surface area contributed by atoms with Crippen LogP contribution in [0.4, 0.5) is 0 Å². The van der Waals surface area contributed by atoms with Crippen molar-refractivity contribution in [3.63, 3.8) is 0 Å². The number of rotatable bonds is 7. The molecule has 0 aliphatic heterocycles. The molecule has 3 rings (SSSR count). The van der Waals surface area contributed by atoms with E-state index in [-0.39, 0.29) is 12.8 Å². The highest BCUT2D eigenvalue weighted by molar-refractivity contribution is 7.96. The molecule has 26 heavy (non-hydrogen) atoms. The fraction of sp³-hybridized carbons (Fsp3) is 0.136. The first-order valence-corrected chi connectivity index (χ1v) is 10.4. The Bertz CT molecular complexity index is 723. The van der Waals surface area contributed by atoms with Gasteiger partial charge in [-0.3, -0.25) is 0 Å². The monoisotopic (exact) mass is 365 g/mol. The minimum Gasteiger partial charge on any atom is -0.436 e. The molecule has 0 radical (unpaired) electrons. The van der Waals surface area contributed by atoms with E-state index in [1.165, 1.54) is 7.11 Å². The molecule has 4 heteroatoms. The number of carbonyl (C=O) groups excluding carboxylic acids is 1. The van der Waals surface area contributed by atoms with Crippen LogP contribution < -0.4 is 15.9 Å². The summed E-state index contributed by atoms with van der Waals surface area (Å²) in [4.78, 5) is 12.7. The lowest BCUT2D eigenvalue weighted by molar-refractivity contribution is -0.150. The first kappa shape index (κ1) is 18.3. The van der Waals surface area contributed by atoms with Gasteiger partial charge >= 0.3 is 5.97 Å². The van der Waals surface area contributed by atoms with Gasteiger partial charge in [-0.15, -0.1) is 0 Å². The normalized spacial score (nSPS) is 11.1. The zero-order valence-corrected chi connectivity index (χ0v) is 15.6. The van der Waals surface area contributed by atoms with E-state index < -0.39 is 7.26 Å². The number of methoxy groups -OCH3 is 1. The Hall–Kier alpha value is -2.48. The van der Waals surface area contributed by atoms with E-state index in [1.807, 2.05) is 54.6 Å². The van der Waals surface area contributed by atoms with Crippen LogP contribution in [0.1, 0.15) is 0 Å². The lowest BCUT2D eigenvalue weighted by Gasteiger charge is -2.26. The molecule has 0 aliphatic rings. The van der Waals surface area contributed by atoms with E-state index in [2.05, 4.69) is 36.4 Å². The third-order valence-electron chi connectivity index (χ3n) is 4.29. The molecule has 3 aromatic rings. The van der Waals surface area contributed by atoms with Crippen molar-refractivity contribution in [1.29, 1.82) is 0 Å². The number of esters is 1. The number of hydrogen-bond acceptors (Lipinski definition) is 3. The summed E-state index contributed by atoms with van der Waals surface area (Å²) < 4.78 is 10.2. The van der Waals surface area contributed by atoms with Gasteiger partial charge in [0.15, 0.2) is 13.0 Å². The van der Waals surface area contributed by atoms with Gasteiger partial charge < -0.3 is 9.47 Å². The summed E-state index contributed by atoms with van der Waals surface area (Å²) in [6, 6.07) is 30.8. The maximum Gasteiger partial charge on any atom is 0.347 e. The molecule has 0 bridgehead atoms. The number of hydrogen-bond donors (Lipinski definition) is 0. The molecule has 0 N–H and O–H groups in total. The lowest BCUT2D eigenvalue weighted by atomic mass is 10.4. The summed E-state index contributed by atoms with van der Waals surface area (Å²) in [5.74, 6) is -0.253. The third kappa shape index (κ3) is 3.85. The third-order valence-corrected chi connectivity index (χ3v) is 8.57. The Morgan fingerprint density at radius 3 is 1.46 bits per heavy atom. The van der Waals surface area contributed by atoms with Crippen LogP contribution in [0.3, 0.4) is 0 Å². The predicted octanol–water partition coefficient (Wildman–Crippen LogP) is 3.13. The Morgan fingerprint density at radius 1 is 0.731 bits per heavy atom. The molecule has 0 atom stereocenters. The standard InChI is InChI=1S/C22H22O3P/c1-24-18-25-22(23)17-26(19-11-5-2-6-12-19,20-13-7-3-8-14-20)21-15-9-4-10-16-21/h2-16H,17-18H2,1H3/q+1. The topological polar surface area (TPSA) is 35.5 Å². The summed E-state index contributed by atoms with van der Waals surface area (Å²) in [5, 5.41) is 3.48.